The van der Waals surface area contributed by atoms with Crippen molar-refractivity contribution < 1.29 is 35.9 Å². The van der Waals surface area contributed by atoms with Crippen LogP contribution in [0.1, 0.15) is 16.8 Å². The number of carbonyl (C=O) groups excluding carboxylic acids is 1. The van der Waals surface area contributed by atoms with Gasteiger partial charge in [-0.2, -0.15) is 13.2 Å². The van der Waals surface area contributed by atoms with Gasteiger partial charge in [0.1, 0.15) is 0 Å². The highest BCUT2D eigenvalue weighted by Crippen LogP contribution is 2.38. The molecule has 150 valence electrons. The van der Waals surface area contributed by atoms with Crippen molar-refractivity contribution in [1.29, 1.82) is 0 Å². The quantitative estimate of drug-likeness (QED) is 0.786. The van der Waals surface area contributed by atoms with E-state index in [0.717, 1.165) is 12.1 Å². The summed E-state index contributed by atoms with van der Waals surface area (Å²) >= 11 is 6.13. The lowest BCUT2D eigenvalue weighted by Crippen LogP contribution is -2.23. The number of sulfone groups is 1. The zero-order chi connectivity index (χ0) is 20.5. The molecule has 2 aromatic rings. The van der Waals surface area contributed by atoms with Crippen LogP contribution in [0, 0.1) is 0 Å². The van der Waals surface area contributed by atoms with E-state index in [-0.39, 0.29) is 16.3 Å². The van der Waals surface area contributed by atoms with Gasteiger partial charge in [-0.25, -0.2) is 8.42 Å². The minimum Gasteiger partial charge on any atom is -0.490 e. The molecule has 0 aliphatic carbocycles. The van der Waals surface area contributed by atoms with Crippen LogP contribution in [-0.4, -0.2) is 33.0 Å². The summed E-state index contributed by atoms with van der Waals surface area (Å²) in [4.78, 5) is 11.4. The van der Waals surface area contributed by atoms with Crippen molar-refractivity contribution in [3.8, 4) is 11.5 Å². The number of fused-ring (bicyclic) bond motifs is 1. The highest BCUT2D eigenvalue weighted by atomic mass is 35.5. The molecule has 28 heavy (non-hydrogen) atoms. The number of anilines is 1. The Morgan fingerprint density at radius 1 is 1.04 bits per heavy atom. The molecule has 1 heterocycles. The molecule has 0 spiro atoms. The molecule has 3 rings (SSSR count). The molecule has 1 aliphatic heterocycles. The number of alkyl halides is 3. The van der Waals surface area contributed by atoms with Crippen LogP contribution < -0.4 is 14.8 Å². The fraction of sp³-hybridized carbons (Fsp3) is 0.235. The van der Waals surface area contributed by atoms with Crippen molar-refractivity contribution >= 4 is 33.0 Å². The molecule has 2 aromatic carbocycles. The molecule has 0 fully saturated rings. The van der Waals surface area contributed by atoms with Crippen LogP contribution in [0.3, 0.4) is 0 Å². The van der Waals surface area contributed by atoms with Crippen LogP contribution in [0.4, 0.5) is 18.9 Å². The normalized spacial score (nSPS) is 14.3. The highest BCUT2D eigenvalue weighted by molar-refractivity contribution is 7.92. The molecule has 0 aromatic heterocycles. The topological polar surface area (TPSA) is 81.7 Å². The second-order valence-electron chi connectivity index (χ2n) is 5.76. The molecule has 1 amide bonds. The molecule has 0 saturated heterocycles. The van der Waals surface area contributed by atoms with E-state index in [9.17, 15) is 26.4 Å². The first-order valence-corrected chi connectivity index (χ1v) is 9.77. The minimum absolute atomic E-state index is 0.0516. The van der Waals surface area contributed by atoms with Crippen LogP contribution in [0.25, 0.3) is 0 Å². The van der Waals surface area contributed by atoms with Gasteiger partial charge >= 0.3 is 5.51 Å². The third-order valence-electron chi connectivity index (χ3n) is 3.82. The number of ether oxygens (including phenoxy) is 2. The van der Waals surface area contributed by atoms with Crippen molar-refractivity contribution in [2.75, 3.05) is 18.5 Å². The zero-order valence-corrected chi connectivity index (χ0v) is 15.6. The van der Waals surface area contributed by atoms with Crippen LogP contribution in [0.5, 0.6) is 11.5 Å². The van der Waals surface area contributed by atoms with Crippen LogP contribution >= 0.6 is 11.6 Å². The third-order valence-corrected chi connectivity index (χ3v) is 5.63. The number of rotatable bonds is 3. The number of halogens is 4. The van der Waals surface area contributed by atoms with E-state index in [1.807, 2.05) is 0 Å². The summed E-state index contributed by atoms with van der Waals surface area (Å²) in [6.45, 7) is 0.888. The summed E-state index contributed by atoms with van der Waals surface area (Å²) in [5, 5.41) is 2.68. The summed E-state index contributed by atoms with van der Waals surface area (Å²) in [5.41, 5.74) is -5.26. The monoisotopic (exact) mass is 435 g/mol. The van der Waals surface area contributed by atoms with E-state index in [1.165, 1.54) is 12.1 Å². The Bertz CT molecular complexity index is 1010. The largest absolute Gasteiger partial charge is 0.501 e. The minimum atomic E-state index is -5.48. The molecule has 0 unspecified atom stereocenters. The highest BCUT2D eigenvalue weighted by Gasteiger charge is 2.46. The summed E-state index contributed by atoms with van der Waals surface area (Å²) in [7, 11) is -5.48. The van der Waals surface area contributed by atoms with Gasteiger partial charge in [0.15, 0.2) is 11.5 Å². The first-order chi connectivity index (χ1) is 13.1. The summed E-state index contributed by atoms with van der Waals surface area (Å²) in [5.74, 6) is 0.137. The first-order valence-electron chi connectivity index (χ1n) is 7.91. The Morgan fingerprint density at radius 3 is 2.18 bits per heavy atom. The van der Waals surface area contributed by atoms with E-state index >= 15 is 0 Å². The second kappa shape index (κ2) is 7.51. The lowest BCUT2D eigenvalue weighted by atomic mass is 10.2. The fourth-order valence-corrected chi connectivity index (χ4v) is 3.36. The number of amides is 1. The first kappa shape index (κ1) is 20.3. The summed E-state index contributed by atoms with van der Waals surface area (Å²) in [6, 6.07) is 6.34. The van der Waals surface area contributed by atoms with Gasteiger partial charge in [0, 0.05) is 24.1 Å². The van der Waals surface area contributed by atoms with E-state index in [2.05, 4.69) is 5.32 Å². The SMILES string of the molecule is O=C(Nc1cc2c(cc1Cl)OCCCO2)c1ccc(S(=O)(=O)C(F)(F)F)cc1. The predicted octanol–water partition coefficient (Wildman–Crippen LogP) is 4.05. The Hall–Kier alpha value is -2.46. The Kier molecular flexibility index (Phi) is 5.44. The number of hydrogen-bond donors (Lipinski definition) is 1. The van der Waals surface area contributed by atoms with Gasteiger partial charge in [0.2, 0.25) is 0 Å². The van der Waals surface area contributed by atoms with Crippen LogP contribution in [0.15, 0.2) is 41.3 Å². The van der Waals surface area contributed by atoms with Crippen LogP contribution in [0.2, 0.25) is 5.02 Å². The van der Waals surface area contributed by atoms with E-state index in [4.69, 9.17) is 21.1 Å². The molecule has 11 heteroatoms. The maximum absolute atomic E-state index is 12.6. The molecule has 6 nitrogen and oxygen atoms in total. The molecule has 1 aliphatic rings. The second-order valence-corrected chi connectivity index (χ2v) is 8.11. The van der Waals surface area contributed by atoms with Gasteiger partial charge in [-0.05, 0) is 24.3 Å². The molecular weight excluding hydrogens is 423 g/mol. The molecule has 0 radical (unpaired) electrons. The average molecular weight is 436 g/mol. The van der Waals surface area contributed by atoms with Crippen molar-refractivity contribution in [1.82, 2.24) is 0 Å². The Morgan fingerprint density at radius 2 is 1.61 bits per heavy atom. The van der Waals surface area contributed by atoms with E-state index < -0.39 is 26.1 Å². The molecule has 0 atom stereocenters. The van der Waals surface area contributed by atoms with E-state index in [0.29, 0.717) is 43.3 Å². The lowest BCUT2D eigenvalue weighted by Gasteiger charge is -2.13. The van der Waals surface area contributed by atoms with E-state index in [1.54, 1.807) is 0 Å². The van der Waals surface area contributed by atoms with Gasteiger partial charge in [-0.15, -0.1) is 0 Å². The lowest BCUT2D eigenvalue weighted by molar-refractivity contribution is -0.0436. The number of benzene rings is 2. The molecule has 1 N–H and O–H groups in total. The number of hydrogen-bond acceptors (Lipinski definition) is 5. The van der Waals surface area contributed by atoms with Gasteiger partial charge in [0.25, 0.3) is 15.7 Å². The third kappa shape index (κ3) is 4.02. The summed E-state index contributed by atoms with van der Waals surface area (Å²) in [6.07, 6.45) is 0.682. The molecule has 0 saturated carbocycles. The molecule has 0 bridgehead atoms. The van der Waals surface area contributed by atoms with Gasteiger partial charge in [-0.1, -0.05) is 11.6 Å². The Balaban J connectivity index is 1.81. The fourth-order valence-electron chi connectivity index (χ4n) is 2.39. The number of nitrogens with one attached hydrogen (secondary N) is 1. The Labute approximate surface area is 163 Å². The predicted molar refractivity (Wildman–Crippen MR) is 94.7 cm³/mol. The average Bonchev–Trinajstić information content (AvgIpc) is 2.86. The standard InChI is InChI=1S/C17H13ClF3NO5S/c18-12-8-14-15(27-7-1-6-26-14)9-13(12)22-16(23)10-2-4-11(5-3-10)28(24,25)17(19,20)21/h2-5,8-9H,1,6-7H2,(H,22,23). The smallest absolute Gasteiger partial charge is 0.490 e. The van der Waals surface area contributed by atoms with Crippen molar-refractivity contribution in [2.24, 2.45) is 0 Å². The van der Waals surface area contributed by atoms with Gasteiger partial charge < -0.3 is 14.8 Å². The van der Waals surface area contributed by atoms with Crippen molar-refractivity contribution in [3.05, 3.63) is 47.0 Å². The number of carbonyl (C=O) groups is 1. The zero-order valence-electron chi connectivity index (χ0n) is 14.0. The van der Waals surface area contributed by atoms with Crippen molar-refractivity contribution in [2.45, 2.75) is 16.8 Å². The van der Waals surface area contributed by atoms with Crippen LogP contribution in [-0.2, 0) is 9.84 Å². The van der Waals surface area contributed by atoms with Gasteiger partial charge in [0.05, 0.1) is 28.8 Å². The maximum Gasteiger partial charge on any atom is 0.501 e. The maximum atomic E-state index is 12.6. The molecular formula is C17H13ClF3NO5S. The van der Waals surface area contributed by atoms with Gasteiger partial charge in [-0.3, -0.25) is 4.79 Å². The summed E-state index contributed by atoms with van der Waals surface area (Å²) < 4.78 is 71.4. The van der Waals surface area contributed by atoms with Crippen molar-refractivity contribution in [3.63, 3.8) is 0 Å².